The highest BCUT2D eigenvalue weighted by molar-refractivity contribution is 7.27. The Morgan fingerprint density at radius 2 is 1.32 bits per heavy atom. The molecule has 324 valence electrons. The van der Waals surface area contributed by atoms with Gasteiger partial charge in [0.2, 0.25) is 5.91 Å². The van der Waals surface area contributed by atoms with Crippen LogP contribution < -0.4 is 10.6 Å². The van der Waals surface area contributed by atoms with Gasteiger partial charge in [-0.05, 0) is 54.2 Å². The molecule has 2 fully saturated rings. The molecule has 0 bridgehead atoms. The molecule has 4 N–H and O–H groups in total. The first-order valence-electron chi connectivity index (χ1n) is 21.1. The number of hydrogen-bond acceptors (Lipinski definition) is 10. The molecule has 2 aliphatic heterocycles. The van der Waals surface area contributed by atoms with Gasteiger partial charge in [-0.2, -0.15) is 0 Å². The van der Waals surface area contributed by atoms with Crippen molar-refractivity contribution in [2.75, 3.05) is 26.8 Å². The summed E-state index contributed by atoms with van der Waals surface area (Å²) in [6.07, 6.45) is 5.62. The molecule has 6 heterocycles. The normalized spacial score (nSPS) is 17.5. The average molecular weight is 877 g/mol. The van der Waals surface area contributed by atoms with Gasteiger partial charge in [0.1, 0.15) is 23.7 Å². The van der Waals surface area contributed by atoms with E-state index in [1.807, 2.05) is 80.2 Å². The number of nitrogens with one attached hydrogen (secondary N) is 4. The number of fused-ring (bicyclic) bond motifs is 1. The first-order valence-corrected chi connectivity index (χ1v) is 22.9. The molecule has 14 nitrogen and oxygen atoms in total. The highest BCUT2D eigenvalue weighted by Gasteiger charge is 2.39. The SMILES string of the molecule is COC(=O)N[C@H](C(=O)N1CCCC1c1ncc(-c2ccc(-c3csc4c(-c5cnc(C6CCCN6C(=O)[C@H](NC(=O)OCC(C)C)c6ccccc6)[nH]5)csc34)cc2)[nH]1)C(C)C. The van der Waals surface area contributed by atoms with Crippen LogP contribution in [0.3, 0.4) is 0 Å². The quantitative estimate of drug-likeness (QED) is 0.0888. The minimum atomic E-state index is -0.889. The second kappa shape index (κ2) is 18.5. The van der Waals surface area contributed by atoms with Crippen molar-refractivity contribution in [3.8, 4) is 33.6 Å². The second-order valence-electron chi connectivity index (χ2n) is 16.6. The van der Waals surface area contributed by atoms with Gasteiger partial charge in [-0.1, -0.05) is 82.3 Å². The van der Waals surface area contributed by atoms with E-state index in [9.17, 15) is 19.2 Å². The number of amides is 4. The molecule has 0 radical (unpaired) electrons. The third-order valence-corrected chi connectivity index (χ3v) is 13.7. The summed E-state index contributed by atoms with van der Waals surface area (Å²) < 4.78 is 12.5. The molecule has 4 aromatic heterocycles. The van der Waals surface area contributed by atoms with Crippen molar-refractivity contribution in [2.45, 2.75) is 77.5 Å². The summed E-state index contributed by atoms with van der Waals surface area (Å²) in [4.78, 5) is 72.8. The number of nitrogens with zero attached hydrogens (tertiary/aromatic N) is 4. The van der Waals surface area contributed by atoms with Crippen LogP contribution in [0.1, 0.15) is 88.7 Å². The summed E-state index contributed by atoms with van der Waals surface area (Å²) in [5.74, 6) is 1.17. The first-order chi connectivity index (χ1) is 30.0. The van der Waals surface area contributed by atoms with Gasteiger partial charge < -0.3 is 39.9 Å². The minimum absolute atomic E-state index is 0.109. The highest BCUT2D eigenvalue weighted by Crippen LogP contribution is 2.45. The van der Waals surface area contributed by atoms with Crippen molar-refractivity contribution in [1.29, 1.82) is 0 Å². The van der Waals surface area contributed by atoms with E-state index in [1.165, 1.54) is 11.8 Å². The third kappa shape index (κ3) is 8.84. The molecule has 4 amide bonds. The number of H-pyrrole nitrogens is 2. The standard InChI is InChI=1S/C46H52N8O6S2/c1-26(2)23-60-46(58)52-38(30-11-7-6-8-12-30)44(56)54-20-10-14-36(54)42-48-22-34(50-42)32-25-62-39-31(24-61-40(32)39)28-15-17-29(18-16-28)33-21-47-41(49-33)35-13-9-19-53(35)43(55)37(27(3)4)51-45(57)59-5/h6-8,11-12,15-18,21-22,24-27,35-38H,9-10,13-14,19-20,23H2,1-5H3,(H,47,49)(H,48,50)(H,51,57)(H,52,58)/t35?,36?,37-,38+/m0/s1. The van der Waals surface area contributed by atoms with E-state index in [1.54, 1.807) is 22.7 Å². The molecule has 2 aliphatic rings. The molecule has 8 rings (SSSR count). The van der Waals surface area contributed by atoms with Gasteiger partial charge in [0.25, 0.3) is 5.91 Å². The zero-order valence-electron chi connectivity index (χ0n) is 35.5. The number of methoxy groups -OCH3 is 1. The fourth-order valence-electron chi connectivity index (χ4n) is 8.34. The Morgan fingerprint density at radius 3 is 1.95 bits per heavy atom. The van der Waals surface area contributed by atoms with Crippen molar-refractivity contribution in [3.05, 3.63) is 95.0 Å². The van der Waals surface area contributed by atoms with Crippen molar-refractivity contribution in [2.24, 2.45) is 11.8 Å². The van der Waals surface area contributed by atoms with Crippen molar-refractivity contribution in [3.63, 3.8) is 0 Å². The van der Waals surface area contributed by atoms with E-state index in [2.05, 4.69) is 55.6 Å². The van der Waals surface area contributed by atoms with Gasteiger partial charge in [0, 0.05) is 35.0 Å². The summed E-state index contributed by atoms with van der Waals surface area (Å²) in [5.41, 5.74) is 6.74. The molecule has 6 aromatic rings. The summed E-state index contributed by atoms with van der Waals surface area (Å²) in [5, 5.41) is 9.88. The Labute approximate surface area is 368 Å². The number of thiophene rings is 2. The van der Waals surface area contributed by atoms with Gasteiger partial charge in [-0.25, -0.2) is 19.6 Å². The number of ether oxygens (including phenoxy) is 2. The molecular formula is C46H52N8O6S2. The summed E-state index contributed by atoms with van der Waals surface area (Å²) >= 11 is 3.39. The number of carbonyl (C=O) groups is 4. The smallest absolute Gasteiger partial charge is 0.408 e. The lowest BCUT2D eigenvalue weighted by Gasteiger charge is -2.30. The van der Waals surface area contributed by atoms with Gasteiger partial charge in [-0.15, -0.1) is 22.7 Å². The predicted octanol–water partition coefficient (Wildman–Crippen LogP) is 9.24. The lowest BCUT2D eigenvalue weighted by Crippen LogP contribution is -2.51. The minimum Gasteiger partial charge on any atom is -0.453 e. The van der Waals surface area contributed by atoms with Crippen LogP contribution in [-0.2, 0) is 19.1 Å². The molecule has 0 saturated carbocycles. The molecule has 2 unspecified atom stereocenters. The number of alkyl carbamates (subject to hydrolysis) is 2. The van der Waals surface area contributed by atoms with Crippen molar-refractivity contribution < 1.29 is 28.7 Å². The predicted molar refractivity (Wildman–Crippen MR) is 240 cm³/mol. The van der Waals surface area contributed by atoms with Crippen LogP contribution in [0.5, 0.6) is 0 Å². The van der Waals surface area contributed by atoms with Crippen LogP contribution in [0, 0.1) is 11.8 Å². The van der Waals surface area contributed by atoms with E-state index in [0.717, 1.165) is 75.7 Å². The number of likely N-dealkylation sites (tertiary alicyclic amines) is 2. The molecule has 16 heteroatoms. The van der Waals surface area contributed by atoms with E-state index < -0.39 is 24.3 Å². The fraction of sp³-hybridized carbons (Fsp3) is 0.391. The topological polar surface area (TPSA) is 175 Å². The van der Waals surface area contributed by atoms with Crippen LogP contribution in [0.2, 0.25) is 0 Å². The highest BCUT2D eigenvalue weighted by atomic mass is 32.1. The Morgan fingerprint density at radius 1 is 0.742 bits per heavy atom. The van der Waals surface area contributed by atoms with E-state index in [4.69, 9.17) is 19.4 Å². The van der Waals surface area contributed by atoms with Gasteiger partial charge in [0.05, 0.1) is 59.0 Å². The molecule has 0 aliphatic carbocycles. The van der Waals surface area contributed by atoms with E-state index in [-0.39, 0.29) is 42.3 Å². The largest absolute Gasteiger partial charge is 0.453 e. The fourth-order valence-corrected chi connectivity index (χ4v) is 10.8. The van der Waals surface area contributed by atoms with Gasteiger partial charge in [-0.3, -0.25) is 9.59 Å². The zero-order chi connectivity index (χ0) is 43.5. The van der Waals surface area contributed by atoms with E-state index in [0.29, 0.717) is 18.7 Å². The Balaban J connectivity index is 0.960. The maximum absolute atomic E-state index is 14.2. The average Bonchev–Trinajstić information content (AvgIpc) is 4.13. The van der Waals surface area contributed by atoms with Gasteiger partial charge >= 0.3 is 12.2 Å². The number of aromatic amines is 2. The molecule has 2 aromatic carbocycles. The van der Waals surface area contributed by atoms with Crippen LogP contribution in [0.15, 0.2) is 77.8 Å². The molecule has 4 atom stereocenters. The van der Waals surface area contributed by atoms with Gasteiger partial charge in [0.15, 0.2) is 0 Å². The Bertz CT molecular complexity index is 2530. The summed E-state index contributed by atoms with van der Waals surface area (Å²) in [6, 6.07) is 15.6. The van der Waals surface area contributed by atoms with Crippen LogP contribution in [0.4, 0.5) is 9.59 Å². The lowest BCUT2D eigenvalue weighted by molar-refractivity contribution is -0.136. The van der Waals surface area contributed by atoms with E-state index >= 15 is 0 Å². The maximum Gasteiger partial charge on any atom is 0.408 e. The molecule has 2 saturated heterocycles. The number of benzene rings is 2. The van der Waals surface area contributed by atoms with Crippen molar-refractivity contribution >= 4 is 56.1 Å². The Hall–Kier alpha value is -6.00. The number of carbonyl (C=O) groups excluding carboxylic acids is 4. The van der Waals surface area contributed by atoms with Crippen LogP contribution >= 0.6 is 22.7 Å². The third-order valence-electron chi connectivity index (χ3n) is 11.6. The summed E-state index contributed by atoms with van der Waals surface area (Å²) in [7, 11) is 1.29. The number of rotatable bonds is 13. The van der Waals surface area contributed by atoms with Crippen LogP contribution in [0.25, 0.3) is 43.0 Å². The Kier molecular flexibility index (Phi) is 12.8. The van der Waals surface area contributed by atoms with Crippen molar-refractivity contribution in [1.82, 2.24) is 40.4 Å². The molecule has 0 spiro atoms. The second-order valence-corrected chi connectivity index (χ2v) is 18.4. The number of aromatic nitrogens is 4. The van der Waals surface area contributed by atoms with Crippen LogP contribution in [-0.4, -0.2) is 86.6 Å². The maximum atomic E-state index is 14.2. The number of hydrogen-bond donors (Lipinski definition) is 4. The molecule has 62 heavy (non-hydrogen) atoms. The number of imidazole rings is 2. The first kappa shape index (κ1) is 42.7. The lowest BCUT2D eigenvalue weighted by atomic mass is 10.0. The monoisotopic (exact) mass is 876 g/mol. The zero-order valence-corrected chi connectivity index (χ0v) is 37.1. The summed E-state index contributed by atoms with van der Waals surface area (Å²) in [6.45, 7) is 9.14. The molecular weight excluding hydrogens is 825 g/mol.